The maximum absolute atomic E-state index is 4.70. The van der Waals surface area contributed by atoms with Crippen molar-refractivity contribution in [2.24, 2.45) is 0 Å². The number of hydrogen-bond donors (Lipinski definition) is 2. The highest BCUT2D eigenvalue weighted by atomic mass is 15.2. The average molecular weight is 481 g/mol. The number of aromatic nitrogens is 5. The van der Waals surface area contributed by atoms with Crippen LogP contribution < -0.4 is 10.6 Å². The summed E-state index contributed by atoms with van der Waals surface area (Å²) in [7, 11) is 0. The second-order valence-corrected chi connectivity index (χ2v) is 9.43. The lowest BCUT2D eigenvalue weighted by molar-refractivity contribution is 0.109. The molecule has 4 aromatic rings. The Hall–Kier alpha value is -3.75. The third-order valence-electron chi connectivity index (χ3n) is 6.50. The number of benzene rings is 1. The molecule has 0 amide bonds. The second-order valence-electron chi connectivity index (χ2n) is 9.43. The summed E-state index contributed by atoms with van der Waals surface area (Å²) in [4.78, 5) is 25.2. The van der Waals surface area contributed by atoms with Crippen molar-refractivity contribution >= 4 is 11.6 Å². The second kappa shape index (κ2) is 10.9. The van der Waals surface area contributed by atoms with Crippen molar-refractivity contribution in [2.75, 3.05) is 18.4 Å². The van der Waals surface area contributed by atoms with Crippen LogP contribution in [0.2, 0.25) is 0 Å². The van der Waals surface area contributed by atoms with E-state index in [-0.39, 0.29) is 0 Å². The fourth-order valence-electron chi connectivity index (χ4n) is 4.54. The van der Waals surface area contributed by atoms with E-state index in [0.717, 1.165) is 36.8 Å². The fourth-order valence-corrected chi connectivity index (χ4v) is 4.54. The number of hydrogen-bond acceptors (Lipinski definition) is 8. The zero-order chi connectivity index (χ0) is 24.9. The standard InChI is InChI=1S/C28H32N8/c1-19-5-4-6-24(32-19)28-31-14-12-26(35-28)33-25-11-13-30-27(34-25)15-22-7-9-23(10-8-22)18-36-20(2)16-29-17-21(36)3/h4-14,20-21,29H,15-18H2,1-3H3,(H,30,31,33,34,35)/t20-,21-/m0/s1. The van der Waals surface area contributed by atoms with Crippen molar-refractivity contribution in [3.05, 3.63) is 89.6 Å². The number of pyridine rings is 1. The highest BCUT2D eigenvalue weighted by molar-refractivity contribution is 5.56. The molecule has 2 N–H and O–H groups in total. The van der Waals surface area contributed by atoms with Gasteiger partial charge in [-0.1, -0.05) is 30.3 Å². The zero-order valence-corrected chi connectivity index (χ0v) is 21.0. The van der Waals surface area contributed by atoms with E-state index in [1.54, 1.807) is 12.4 Å². The topological polar surface area (TPSA) is 91.8 Å². The van der Waals surface area contributed by atoms with Gasteiger partial charge in [-0.05, 0) is 56.2 Å². The molecule has 5 rings (SSSR count). The third kappa shape index (κ3) is 5.90. The van der Waals surface area contributed by atoms with Gasteiger partial charge >= 0.3 is 0 Å². The molecule has 1 saturated heterocycles. The van der Waals surface area contributed by atoms with Crippen LogP contribution in [0.25, 0.3) is 11.5 Å². The molecule has 1 aliphatic heterocycles. The van der Waals surface area contributed by atoms with E-state index in [1.807, 2.05) is 37.3 Å². The maximum atomic E-state index is 4.70. The number of piperazine rings is 1. The number of nitrogens with zero attached hydrogens (tertiary/aromatic N) is 6. The molecule has 0 bridgehead atoms. The van der Waals surface area contributed by atoms with E-state index >= 15 is 0 Å². The third-order valence-corrected chi connectivity index (χ3v) is 6.50. The van der Waals surface area contributed by atoms with Crippen LogP contribution in [-0.4, -0.2) is 55.0 Å². The van der Waals surface area contributed by atoms with E-state index in [9.17, 15) is 0 Å². The summed E-state index contributed by atoms with van der Waals surface area (Å²) < 4.78 is 0. The lowest BCUT2D eigenvalue weighted by Crippen LogP contribution is -2.54. The molecule has 0 radical (unpaired) electrons. The summed E-state index contributed by atoms with van der Waals surface area (Å²) in [5.41, 5.74) is 4.19. The van der Waals surface area contributed by atoms with Gasteiger partial charge in [0.25, 0.3) is 0 Å². The first-order valence-electron chi connectivity index (χ1n) is 12.4. The summed E-state index contributed by atoms with van der Waals surface area (Å²) in [6.07, 6.45) is 4.16. The van der Waals surface area contributed by atoms with Crippen molar-refractivity contribution in [3.8, 4) is 11.5 Å². The molecule has 8 nitrogen and oxygen atoms in total. The van der Waals surface area contributed by atoms with Crippen molar-refractivity contribution in [1.82, 2.24) is 35.1 Å². The molecule has 1 aliphatic rings. The Morgan fingerprint density at radius 1 is 0.833 bits per heavy atom. The molecule has 4 heterocycles. The average Bonchev–Trinajstić information content (AvgIpc) is 2.88. The van der Waals surface area contributed by atoms with Gasteiger partial charge in [0.05, 0.1) is 0 Å². The van der Waals surface area contributed by atoms with E-state index in [2.05, 4.69) is 73.6 Å². The van der Waals surface area contributed by atoms with Gasteiger partial charge in [-0.15, -0.1) is 0 Å². The monoisotopic (exact) mass is 480 g/mol. The Morgan fingerprint density at radius 2 is 1.53 bits per heavy atom. The number of rotatable bonds is 7. The van der Waals surface area contributed by atoms with E-state index in [1.165, 1.54) is 11.1 Å². The molecule has 1 aromatic carbocycles. The molecule has 0 aliphatic carbocycles. The fraction of sp³-hybridized carbons (Fsp3) is 0.321. The summed E-state index contributed by atoms with van der Waals surface area (Å²) >= 11 is 0. The Balaban J connectivity index is 1.24. The first-order chi connectivity index (χ1) is 17.5. The molecule has 184 valence electrons. The molecule has 0 unspecified atom stereocenters. The summed E-state index contributed by atoms with van der Waals surface area (Å²) in [6.45, 7) is 9.59. The van der Waals surface area contributed by atoms with Crippen LogP contribution in [0.1, 0.15) is 36.5 Å². The smallest absolute Gasteiger partial charge is 0.180 e. The molecular formula is C28H32N8. The molecule has 8 heteroatoms. The van der Waals surface area contributed by atoms with Crippen molar-refractivity contribution in [3.63, 3.8) is 0 Å². The Labute approximate surface area is 212 Å². The van der Waals surface area contributed by atoms with Gasteiger partial charge in [-0.25, -0.2) is 24.9 Å². The lowest BCUT2D eigenvalue weighted by atomic mass is 10.1. The first kappa shape index (κ1) is 24.0. The normalized spacial score (nSPS) is 18.2. The number of aryl methyl sites for hydroxylation is 1. The highest BCUT2D eigenvalue weighted by Gasteiger charge is 2.24. The predicted molar refractivity (Wildman–Crippen MR) is 142 cm³/mol. The van der Waals surface area contributed by atoms with Gasteiger partial charge in [-0.3, -0.25) is 4.90 Å². The van der Waals surface area contributed by atoms with Crippen LogP contribution in [0.3, 0.4) is 0 Å². The van der Waals surface area contributed by atoms with Crippen LogP contribution in [0, 0.1) is 6.92 Å². The highest BCUT2D eigenvalue weighted by Crippen LogP contribution is 2.19. The van der Waals surface area contributed by atoms with Gasteiger partial charge in [-0.2, -0.15) is 0 Å². The molecular weight excluding hydrogens is 448 g/mol. The number of nitrogens with one attached hydrogen (secondary N) is 2. The van der Waals surface area contributed by atoms with Crippen LogP contribution in [0.5, 0.6) is 0 Å². The Morgan fingerprint density at radius 3 is 2.28 bits per heavy atom. The minimum absolute atomic E-state index is 0.538. The van der Waals surface area contributed by atoms with Gasteiger partial charge < -0.3 is 10.6 Å². The quantitative estimate of drug-likeness (QED) is 0.408. The maximum Gasteiger partial charge on any atom is 0.180 e. The summed E-state index contributed by atoms with van der Waals surface area (Å²) in [5.74, 6) is 2.68. The summed E-state index contributed by atoms with van der Waals surface area (Å²) in [5, 5.41) is 6.77. The molecule has 36 heavy (non-hydrogen) atoms. The van der Waals surface area contributed by atoms with Gasteiger partial charge in [0.2, 0.25) is 0 Å². The van der Waals surface area contributed by atoms with E-state index in [0.29, 0.717) is 36.0 Å². The molecule has 0 spiro atoms. The summed E-state index contributed by atoms with van der Waals surface area (Å²) in [6, 6.07) is 19.4. The van der Waals surface area contributed by atoms with Gasteiger partial charge in [0.15, 0.2) is 5.82 Å². The minimum Gasteiger partial charge on any atom is -0.325 e. The molecule has 1 fully saturated rings. The van der Waals surface area contributed by atoms with E-state index < -0.39 is 0 Å². The Kier molecular flexibility index (Phi) is 7.25. The van der Waals surface area contributed by atoms with Crippen LogP contribution >= 0.6 is 0 Å². The van der Waals surface area contributed by atoms with Crippen molar-refractivity contribution in [2.45, 2.75) is 45.8 Å². The van der Waals surface area contributed by atoms with Gasteiger partial charge in [0.1, 0.15) is 23.2 Å². The SMILES string of the molecule is Cc1cccc(-c2nccc(Nc3ccnc(Cc4ccc(CN5[C@@H](C)CNC[C@@H]5C)cc4)n3)n2)n1. The first-order valence-corrected chi connectivity index (χ1v) is 12.4. The van der Waals surface area contributed by atoms with Crippen LogP contribution in [0.15, 0.2) is 67.0 Å². The van der Waals surface area contributed by atoms with Gasteiger partial charge in [0, 0.05) is 56.2 Å². The predicted octanol–water partition coefficient (Wildman–Crippen LogP) is 4.15. The van der Waals surface area contributed by atoms with Crippen LogP contribution in [-0.2, 0) is 13.0 Å². The molecule has 3 aromatic heterocycles. The largest absolute Gasteiger partial charge is 0.325 e. The van der Waals surface area contributed by atoms with E-state index in [4.69, 9.17) is 4.98 Å². The lowest BCUT2D eigenvalue weighted by Gasteiger charge is -2.39. The van der Waals surface area contributed by atoms with Crippen LogP contribution in [0.4, 0.5) is 11.6 Å². The molecule has 2 atom stereocenters. The Bertz CT molecular complexity index is 1300. The van der Waals surface area contributed by atoms with Crippen molar-refractivity contribution in [1.29, 1.82) is 0 Å². The van der Waals surface area contributed by atoms with Crippen molar-refractivity contribution < 1.29 is 0 Å². The number of anilines is 2. The zero-order valence-electron chi connectivity index (χ0n) is 21.0. The molecule has 0 saturated carbocycles. The minimum atomic E-state index is 0.538.